The summed E-state index contributed by atoms with van der Waals surface area (Å²) in [5.41, 5.74) is 0. The third-order valence-electron chi connectivity index (χ3n) is 2.99. The Morgan fingerprint density at radius 1 is 1.25 bits per heavy atom. The molecule has 1 saturated heterocycles. The van der Waals surface area contributed by atoms with E-state index in [1.54, 1.807) is 0 Å². The molecule has 0 radical (unpaired) electrons. The highest BCUT2D eigenvalue weighted by atomic mass is 15.2. The zero-order valence-corrected chi connectivity index (χ0v) is 9.04. The van der Waals surface area contributed by atoms with Crippen molar-refractivity contribution in [3.8, 4) is 0 Å². The van der Waals surface area contributed by atoms with Crippen molar-refractivity contribution in [3.63, 3.8) is 0 Å². The Labute approximate surface area is 76.5 Å². The van der Waals surface area contributed by atoms with E-state index in [0.29, 0.717) is 6.04 Å². The van der Waals surface area contributed by atoms with Gasteiger partial charge < -0.3 is 4.90 Å². The lowest BCUT2D eigenvalue weighted by Crippen LogP contribution is -2.35. The summed E-state index contributed by atoms with van der Waals surface area (Å²) in [6.07, 6.45) is 0. The zero-order chi connectivity index (χ0) is 9.30. The van der Waals surface area contributed by atoms with E-state index in [1.165, 1.54) is 13.1 Å². The predicted octanol–water partition coefficient (Wildman–Crippen LogP) is 1.28. The number of hydrogen-bond acceptors (Lipinski definition) is 2. The highest BCUT2D eigenvalue weighted by Crippen LogP contribution is 2.21. The van der Waals surface area contributed by atoms with Crippen molar-refractivity contribution >= 4 is 0 Å². The second kappa shape index (κ2) is 3.75. The molecule has 2 nitrogen and oxygen atoms in total. The number of nitrogens with zero attached hydrogens (tertiary/aromatic N) is 2. The van der Waals surface area contributed by atoms with Crippen LogP contribution >= 0.6 is 0 Å². The van der Waals surface area contributed by atoms with Crippen molar-refractivity contribution in [1.82, 2.24) is 9.80 Å². The quantitative estimate of drug-likeness (QED) is 0.616. The Balaban J connectivity index is 2.50. The Kier molecular flexibility index (Phi) is 3.13. The Morgan fingerprint density at radius 3 is 2.08 bits per heavy atom. The SMILES string of the molecule is CC(C)N1C[C@@H](N(C)C)[C@@H](C)C1. The average Bonchev–Trinajstić information content (AvgIpc) is 2.30. The van der Waals surface area contributed by atoms with Crippen molar-refractivity contribution in [3.05, 3.63) is 0 Å². The summed E-state index contributed by atoms with van der Waals surface area (Å²) in [6, 6.07) is 1.46. The topological polar surface area (TPSA) is 6.48 Å². The molecule has 12 heavy (non-hydrogen) atoms. The molecule has 2 atom stereocenters. The minimum absolute atomic E-state index is 0.706. The van der Waals surface area contributed by atoms with Crippen LogP contribution in [0, 0.1) is 5.92 Å². The Hall–Kier alpha value is -0.0800. The van der Waals surface area contributed by atoms with Crippen molar-refractivity contribution in [2.45, 2.75) is 32.9 Å². The van der Waals surface area contributed by atoms with Gasteiger partial charge in [0.15, 0.2) is 0 Å². The van der Waals surface area contributed by atoms with Crippen LogP contribution in [0.2, 0.25) is 0 Å². The van der Waals surface area contributed by atoms with Crippen LogP contribution in [0.3, 0.4) is 0 Å². The summed E-state index contributed by atoms with van der Waals surface area (Å²) in [6.45, 7) is 9.43. The average molecular weight is 170 g/mol. The first-order valence-electron chi connectivity index (χ1n) is 4.93. The molecule has 1 aliphatic rings. The summed E-state index contributed by atoms with van der Waals surface area (Å²) >= 11 is 0. The van der Waals surface area contributed by atoms with Crippen LogP contribution in [0.1, 0.15) is 20.8 Å². The van der Waals surface area contributed by atoms with Crippen LogP contribution < -0.4 is 0 Å². The lowest BCUT2D eigenvalue weighted by atomic mass is 10.1. The van der Waals surface area contributed by atoms with Crippen LogP contribution in [-0.2, 0) is 0 Å². The van der Waals surface area contributed by atoms with E-state index in [9.17, 15) is 0 Å². The maximum absolute atomic E-state index is 2.56. The van der Waals surface area contributed by atoms with E-state index in [4.69, 9.17) is 0 Å². The zero-order valence-electron chi connectivity index (χ0n) is 9.04. The maximum Gasteiger partial charge on any atom is 0.0254 e. The monoisotopic (exact) mass is 170 g/mol. The lowest BCUT2D eigenvalue weighted by Gasteiger charge is -2.23. The van der Waals surface area contributed by atoms with Crippen LogP contribution in [-0.4, -0.2) is 49.1 Å². The van der Waals surface area contributed by atoms with Crippen molar-refractivity contribution in [2.24, 2.45) is 5.92 Å². The van der Waals surface area contributed by atoms with Crippen molar-refractivity contribution in [2.75, 3.05) is 27.2 Å². The summed E-state index contributed by atoms with van der Waals surface area (Å²) in [7, 11) is 4.37. The fourth-order valence-electron chi connectivity index (χ4n) is 2.08. The molecule has 0 aromatic carbocycles. The number of likely N-dealkylation sites (N-methyl/N-ethyl adjacent to an activating group) is 1. The van der Waals surface area contributed by atoms with Gasteiger partial charge >= 0.3 is 0 Å². The van der Waals surface area contributed by atoms with Gasteiger partial charge in [-0.3, -0.25) is 4.90 Å². The molecule has 2 heteroatoms. The van der Waals surface area contributed by atoms with Crippen molar-refractivity contribution < 1.29 is 0 Å². The van der Waals surface area contributed by atoms with Crippen LogP contribution in [0.4, 0.5) is 0 Å². The second-order valence-corrected chi connectivity index (χ2v) is 4.56. The van der Waals surface area contributed by atoms with Crippen LogP contribution in [0.5, 0.6) is 0 Å². The molecule has 0 aromatic heterocycles. The van der Waals surface area contributed by atoms with Gasteiger partial charge in [-0.1, -0.05) is 6.92 Å². The molecule has 1 rings (SSSR count). The minimum Gasteiger partial charge on any atom is -0.305 e. The first kappa shape index (κ1) is 10.0. The molecule has 0 saturated carbocycles. The first-order valence-corrected chi connectivity index (χ1v) is 4.93. The molecule has 0 aliphatic carbocycles. The van der Waals surface area contributed by atoms with Gasteiger partial charge in [0.05, 0.1) is 0 Å². The molecule has 0 aromatic rings. The number of rotatable bonds is 2. The standard InChI is InChI=1S/C10H22N2/c1-8(2)12-6-9(3)10(7-12)11(4)5/h8-10H,6-7H2,1-5H3/t9-,10+/m0/s1. The van der Waals surface area contributed by atoms with Gasteiger partial charge in [-0.05, 0) is 33.9 Å². The van der Waals surface area contributed by atoms with Gasteiger partial charge in [-0.2, -0.15) is 0 Å². The van der Waals surface area contributed by atoms with E-state index in [0.717, 1.165) is 12.0 Å². The van der Waals surface area contributed by atoms with Gasteiger partial charge in [0.25, 0.3) is 0 Å². The van der Waals surface area contributed by atoms with Gasteiger partial charge in [0, 0.05) is 25.2 Å². The van der Waals surface area contributed by atoms with E-state index in [1.807, 2.05) is 0 Å². The number of hydrogen-bond donors (Lipinski definition) is 0. The molecule has 1 fully saturated rings. The summed E-state index contributed by atoms with van der Waals surface area (Å²) in [4.78, 5) is 4.92. The molecular weight excluding hydrogens is 148 g/mol. The van der Waals surface area contributed by atoms with E-state index >= 15 is 0 Å². The summed E-state index contributed by atoms with van der Waals surface area (Å²) in [5.74, 6) is 0.822. The first-order chi connectivity index (χ1) is 5.52. The minimum atomic E-state index is 0.706. The molecule has 1 aliphatic heterocycles. The fourth-order valence-corrected chi connectivity index (χ4v) is 2.08. The summed E-state index contributed by atoms with van der Waals surface area (Å²) < 4.78 is 0. The van der Waals surface area contributed by atoms with Gasteiger partial charge in [0.2, 0.25) is 0 Å². The van der Waals surface area contributed by atoms with Gasteiger partial charge in [0.1, 0.15) is 0 Å². The number of likely N-dealkylation sites (tertiary alicyclic amines) is 1. The molecular formula is C10H22N2. The molecule has 0 amide bonds. The summed E-state index contributed by atoms with van der Waals surface area (Å²) in [5, 5.41) is 0. The van der Waals surface area contributed by atoms with E-state index in [2.05, 4.69) is 44.7 Å². The second-order valence-electron chi connectivity index (χ2n) is 4.56. The molecule has 0 bridgehead atoms. The highest BCUT2D eigenvalue weighted by Gasteiger charge is 2.31. The molecule has 0 unspecified atom stereocenters. The Morgan fingerprint density at radius 2 is 1.83 bits per heavy atom. The van der Waals surface area contributed by atoms with Gasteiger partial charge in [-0.15, -0.1) is 0 Å². The van der Waals surface area contributed by atoms with Gasteiger partial charge in [-0.25, -0.2) is 0 Å². The lowest BCUT2D eigenvalue weighted by molar-refractivity contribution is 0.233. The largest absolute Gasteiger partial charge is 0.305 e. The molecule has 1 heterocycles. The molecule has 0 spiro atoms. The maximum atomic E-state index is 2.56. The van der Waals surface area contributed by atoms with Crippen molar-refractivity contribution in [1.29, 1.82) is 0 Å². The third kappa shape index (κ3) is 1.99. The highest BCUT2D eigenvalue weighted by molar-refractivity contribution is 4.87. The molecule has 72 valence electrons. The van der Waals surface area contributed by atoms with E-state index in [-0.39, 0.29) is 0 Å². The molecule has 0 N–H and O–H groups in total. The van der Waals surface area contributed by atoms with Crippen LogP contribution in [0.25, 0.3) is 0 Å². The fraction of sp³-hybridized carbons (Fsp3) is 1.00. The smallest absolute Gasteiger partial charge is 0.0254 e. The Bertz CT molecular complexity index is 143. The normalized spacial score (nSPS) is 32.2. The third-order valence-corrected chi connectivity index (χ3v) is 2.99. The van der Waals surface area contributed by atoms with E-state index < -0.39 is 0 Å². The van der Waals surface area contributed by atoms with Crippen LogP contribution in [0.15, 0.2) is 0 Å². The predicted molar refractivity (Wildman–Crippen MR) is 53.3 cm³/mol.